The normalized spacial score (nSPS) is 20.6. The highest BCUT2D eigenvalue weighted by molar-refractivity contribution is 5.73. The molecule has 0 aliphatic carbocycles. The van der Waals surface area contributed by atoms with Crippen molar-refractivity contribution in [2.75, 3.05) is 6.61 Å². The van der Waals surface area contributed by atoms with Crippen molar-refractivity contribution in [2.45, 2.75) is 44.5 Å². The molecule has 28 heavy (non-hydrogen) atoms. The lowest BCUT2D eigenvalue weighted by Crippen LogP contribution is -2.26. The van der Waals surface area contributed by atoms with Gasteiger partial charge in [0.25, 0.3) is 5.56 Å². The van der Waals surface area contributed by atoms with Crippen LogP contribution in [0.25, 0.3) is 11.0 Å². The Kier molecular flexibility index (Phi) is 4.70. The molecule has 1 fully saturated rings. The third-order valence-electron chi connectivity index (χ3n) is 5.00. The molecule has 1 aliphatic rings. The average molecular weight is 392 g/mol. The van der Waals surface area contributed by atoms with Crippen LogP contribution in [0.4, 0.5) is 13.2 Å². The van der Waals surface area contributed by atoms with Gasteiger partial charge in [-0.15, -0.1) is 0 Å². The number of aromatic nitrogens is 4. The van der Waals surface area contributed by atoms with Crippen LogP contribution in [-0.2, 0) is 17.3 Å². The summed E-state index contributed by atoms with van der Waals surface area (Å²) in [5.74, 6) is 0.177. The third-order valence-corrected chi connectivity index (χ3v) is 5.00. The quantitative estimate of drug-likeness (QED) is 0.741. The van der Waals surface area contributed by atoms with Crippen molar-refractivity contribution >= 4 is 11.0 Å². The van der Waals surface area contributed by atoms with Crippen LogP contribution in [0.15, 0.2) is 35.3 Å². The largest absolute Gasteiger partial charge is 0.416 e. The molecule has 1 aromatic carbocycles. The molecule has 0 radical (unpaired) electrons. The predicted octanol–water partition coefficient (Wildman–Crippen LogP) is 3.47. The molecule has 2 atom stereocenters. The van der Waals surface area contributed by atoms with Crippen molar-refractivity contribution in [3.63, 3.8) is 0 Å². The minimum atomic E-state index is -4.47. The Balaban J connectivity index is 1.74. The molecule has 1 saturated heterocycles. The zero-order chi connectivity index (χ0) is 19.9. The summed E-state index contributed by atoms with van der Waals surface area (Å²) in [7, 11) is 0. The van der Waals surface area contributed by atoms with Gasteiger partial charge in [0.05, 0.1) is 23.9 Å². The Labute approximate surface area is 158 Å². The smallest absolute Gasteiger partial charge is 0.378 e. The van der Waals surface area contributed by atoms with Crippen LogP contribution >= 0.6 is 0 Å². The molecule has 2 aromatic heterocycles. The van der Waals surface area contributed by atoms with Crippen LogP contribution < -0.4 is 5.56 Å². The zero-order valence-corrected chi connectivity index (χ0v) is 15.2. The van der Waals surface area contributed by atoms with Gasteiger partial charge in [-0.3, -0.25) is 4.79 Å². The fraction of sp³-hybridized carbons (Fsp3) is 0.421. The molecule has 6 nitrogen and oxygen atoms in total. The molecular formula is C19H19F3N4O2. The lowest BCUT2D eigenvalue weighted by Gasteiger charge is -2.27. The molecule has 4 rings (SSSR count). The van der Waals surface area contributed by atoms with Crippen LogP contribution in [-0.4, -0.2) is 32.5 Å². The lowest BCUT2D eigenvalue weighted by molar-refractivity contribution is -0.138. The van der Waals surface area contributed by atoms with Gasteiger partial charge in [0.2, 0.25) is 0 Å². The predicted molar refractivity (Wildman–Crippen MR) is 96.1 cm³/mol. The zero-order valence-electron chi connectivity index (χ0n) is 15.2. The Morgan fingerprint density at radius 3 is 2.86 bits per heavy atom. The standard InChI is InChI=1S/C19H19F3N4O2/c1-11-8-13(6-7-28-11)26-17-14(10-23-26)18(27)25-16(24-17)9-12-4-2-3-5-15(12)19(20,21)22/h2-5,10-11,13H,6-9H2,1H3,(H,24,25,27)/t11-,13?/m1/s1. The van der Waals surface area contributed by atoms with Crippen molar-refractivity contribution in [1.82, 2.24) is 19.7 Å². The van der Waals surface area contributed by atoms with E-state index >= 15 is 0 Å². The molecule has 148 valence electrons. The van der Waals surface area contributed by atoms with E-state index in [0.29, 0.717) is 17.6 Å². The van der Waals surface area contributed by atoms with Gasteiger partial charge in [-0.2, -0.15) is 18.3 Å². The number of halogens is 3. The minimum absolute atomic E-state index is 0.0332. The number of alkyl halides is 3. The van der Waals surface area contributed by atoms with Gasteiger partial charge >= 0.3 is 6.18 Å². The molecule has 1 aliphatic heterocycles. The maximum atomic E-state index is 13.3. The maximum Gasteiger partial charge on any atom is 0.416 e. The van der Waals surface area contributed by atoms with Crippen molar-refractivity contribution in [1.29, 1.82) is 0 Å². The monoisotopic (exact) mass is 392 g/mol. The molecule has 3 heterocycles. The summed E-state index contributed by atoms with van der Waals surface area (Å²) in [6.45, 7) is 2.56. The van der Waals surface area contributed by atoms with E-state index in [4.69, 9.17) is 4.74 Å². The van der Waals surface area contributed by atoms with Crippen LogP contribution in [0.3, 0.4) is 0 Å². The summed E-state index contributed by atoms with van der Waals surface area (Å²) in [4.78, 5) is 19.5. The van der Waals surface area contributed by atoms with E-state index in [1.807, 2.05) is 6.92 Å². The molecular weight excluding hydrogens is 373 g/mol. The van der Waals surface area contributed by atoms with E-state index in [9.17, 15) is 18.0 Å². The Morgan fingerprint density at radius 2 is 2.11 bits per heavy atom. The first kappa shape index (κ1) is 18.7. The number of nitrogens with zero attached hydrogens (tertiary/aromatic N) is 3. The third kappa shape index (κ3) is 3.54. The van der Waals surface area contributed by atoms with E-state index in [-0.39, 0.29) is 30.0 Å². The summed E-state index contributed by atoms with van der Waals surface area (Å²) in [5.41, 5.74) is -0.689. The first-order valence-electron chi connectivity index (χ1n) is 9.06. The number of benzene rings is 1. The fourth-order valence-corrected chi connectivity index (χ4v) is 3.66. The number of hydrogen-bond donors (Lipinski definition) is 1. The number of H-pyrrole nitrogens is 1. The molecule has 0 amide bonds. The molecule has 3 aromatic rings. The summed E-state index contributed by atoms with van der Waals surface area (Å²) in [6, 6.07) is 5.33. The average Bonchev–Trinajstić information content (AvgIpc) is 3.06. The number of fused-ring (bicyclic) bond motifs is 1. The number of ether oxygens (including phenoxy) is 1. The maximum absolute atomic E-state index is 13.3. The van der Waals surface area contributed by atoms with E-state index in [1.54, 1.807) is 4.68 Å². The molecule has 9 heteroatoms. The summed E-state index contributed by atoms with van der Waals surface area (Å²) in [6.07, 6.45) is -1.61. The van der Waals surface area contributed by atoms with E-state index in [0.717, 1.165) is 18.9 Å². The molecule has 1 unspecified atom stereocenters. The van der Waals surface area contributed by atoms with Crippen LogP contribution in [0.1, 0.15) is 42.8 Å². The van der Waals surface area contributed by atoms with Crippen molar-refractivity contribution < 1.29 is 17.9 Å². The molecule has 0 saturated carbocycles. The second kappa shape index (κ2) is 7.05. The molecule has 0 bridgehead atoms. The lowest BCUT2D eigenvalue weighted by atomic mass is 10.0. The number of nitrogens with one attached hydrogen (secondary N) is 1. The molecule has 1 N–H and O–H groups in total. The fourth-order valence-electron chi connectivity index (χ4n) is 3.66. The van der Waals surface area contributed by atoms with Gasteiger partial charge in [0.1, 0.15) is 11.2 Å². The van der Waals surface area contributed by atoms with Crippen LogP contribution in [0.2, 0.25) is 0 Å². The summed E-state index contributed by atoms with van der Waals surface area (Å²) < 4.78 is 47.0. The highest BCUT2D eigenvalue weighted by Gasteiger charge is 2.33. The number of rotatable bonds is 3. The second-order valence-corrected chi connectivity index (χ2v) is 7.03. The topological polar surface area (TPSA) is 72.8 Å². The van der Waals surface area contributed by atoms with Crippen LogP contribution in [0, 0.1) is 0 Å². The van der Waals surface area contributed by atoms with E-state index in [1.165, 1.54) is 24.4 Å². The van der Waals surface area contributed by atoms with Gasteiger partial charge in [-0.1, -0.05) is 18.2 Å². The van der Waals surface area contributed by atoms with Crippen molar-refractivity contribution in [3.8, 4) is 0 Å². The highest BCUT2D eigenvalue weighted by Crippen LogP contribution is 2.32. The van der Waals surface area contributed by atoms with Gasteiger partial charge in [-0.25, -0.2) is 9.67 Å². The van der Waals surface area contributed by atoms with Gasteiger partial charge in [0, 0.05) is 13.0 Å². The summed E-state index contributed by atoms with van der Waals surface area (Å²) in [5, 5.41) is 4.64. The minimum Gasteiger partial charge on any atom is -0.378 e. The number of hydrogen-bond acceptors (Lipinski definition) is 4. The molecule has 0 spiro atoms. The number of aromatic amines is 1. The van der Waals surface area contributed by atoms with Crippen molar-refractivity contribution in [3.05, 3.63) is 57.8 Å². The van der Waals surface area contributed by atoms with E-state index < -0.39 is 17.3 Å². The van der Waals surface area contributed by atoms with Gasteiger partial charge in [0.15, 0.2) is 5.65 Å². The second-order valence-electron chi connectivity index (χ2n) is 7.03. The van der Waals surface area contributed by atoms with E-state index in [2.05, 4.69) is 15.1 Å². The van der Waals surface area contributed by atoms with Crippen LogP contribution in [0.5, 0.6) is 0 Å². The Hall–Kier alpha value is -2.68. The Morgan fingerprint density at radius 1 is 1.32 bits per heavy atom. The van der Waals surface area contributed by atoms with Gasteiger partial charge in [-0.05, 0) is 31.4 Å². The Bertz CT molecular complexity index is 1060. The van der Waals surface area contributed by atoms with Crippen molar-refractivity contribution in [2.24, 2.45) is 0 Å². The first-order valence-corrected chi connectivity index (χ1v) is 9.06. The summed E-state index contributed by atoms with van der Waals surface area (Å²) >= 11 is 0. The van der Waals surface area contributed by atoms with Gasteiger partial charge < -0.3 is 9.72 Å². The SMILES string of the molecule is C[C@@H]1CC(n2ncc3c(=O)[nH]c(Cc4ccccc4C(F)(F)F)nc32)CCO1. The highest BCUT2D eigenvalue weighted by atomic mass is 19.4. The first-order chi connectivity index (χ1) is 13.3.